The van der Waals surface area contributed by atoms with E-state index in [4.69, 9.17) is 0 Å². The molecular weight excluding hydrogens is 112 g/mol. The largest absolute Gasteiger partial charge is 0.348 e. The fourth-order valence-corrected chi connectivity index (χ4v) is 0.791. The molecule has 0 aliphatic heterocycles. The minimum atomic E-state index is 0.970. The monoisotopic (exact) mass is 122 g/mol. The molecule has 0 saturated carbocycles. The molecule has 2 heteroatoms. The van der Waals surface area contributed by atoms with Crippen LogP contribution in [0.2, 0.25) is 0 Å². The van der Waals surface area contributed by atoms with E-state index in [-0.39, 0.29) is 0 Å². The number of rotatable bonds is 2. The number of imidazole rings is 1. The Kier molecular flexibility index (Phi) is 1.68. The first-order valence-electron chi connectivity index (χ1n) is 3.03. The summed E-state index contributed by atoms with van der Waals surface area (Å²) in [5, 5.41) is 0. The van der Waals surface area contributed by atoms with Crippen molar-refractivity contribution in [1.29, 1.82) is 0 Å². The number of hydrogen-bond donors (Lipinski definition) is 1. The average molecular weight is 122 g/mol. The molecule has 0 aliphatic carbocycles. The molecule has 9 heavy (non-hydrogen) atoms. The summed E-state index contributed by atoms with van der Waals surface area (Å²) in [5.74, 6) is 0. The predicted octanol–water partition coefficient (Wildman–Crippen LogP) is 1.62. The Morgan fingerprint density at radius 3 is 3.11 bits per heavy atom. The van der Waals surface area contributed by atoms with E-state index in [1.807, 2.05) is 0 Å². The van der Waals surface area contributed by atoms with Crippen molar-refractivity contribution < 1.29 is 0 Å². The third-order valence-electron chi connectivity index (χ3n) is 1.30. The van der Waals surface area contributed by atoms with E-state index >= 15 is 0 Å². The van der Waals surface area contributed by atoms with Gasteiger partial charge in [0, 0.05) is 5.69 Å². The highest BCUT2D eigenvalue weighted by atomic mass is 14.9. The average Bonchev–Trinajstić information content (AvgIpc) is 2.33. The van der Waals surface area contributed by atoms with Crippen LogP contribution in [0.5, 0.6) is 0 Å². The van der Waals surface area contributed by atoms with Crippen LogP contribution in [0.1, 0.15) is 18.3 Å². The van der Waals surface area contributed by atoms with Gasteiger partial charge in [0.25, 0.3) is 0 Å². The molecule has 0 atom stereocenters. The standard InChI is InChI=1S/C7H10N2/c1-3-6-7(4-2)9-5-8-6/h3,5H,1,4H2,2H3,(H,8,9). The third-order valence-corrected chi connectivity index (χ3v) is 1.30. The van der Waals surface area contributed by atoms with Crippen LogP contribution < -0.4 is 0 Å². The van der Waals surface area contributed by atoms with Crippen LogP contribution >= 0.6 is 0 Å². The van der Waals surface area contributed by atoms with E-state index in [9.17, 15) is 0 Å². The molecule has 0 radical (unpaired) electrons. The number of nitrogens with zero attached hydrogens (tertiary/aromatic N) is 1. The summed E-state index contributed by atoms with van der Waals surface area (Å²) in [6, 6.07) is 0. The van der Waals surface area contributed by atoms with Gasteiger partial charge in [-0.15, -0.1) is 0 Å². The lowest BCUT2D eigenvalue weighted by atomic mass is 10.3. The van der Waals surface area contributed by atoms with Gasteiger partial charge in [-0.05, 0) is 12.5 Å². The van der Waals surface area contributed by atoms with E-state index in [0.717, 1.165) is 17.8 Å². The summed E-state index contributed by atoms with van der Waals surface area (Å²) in [6.07, 6.45) is 4.44. The quantitative estimate of drug-likeness (QED) is 0.634. The van der Waals surface area contributed by atoms with Crippen LogP contribution in [0, 0.1) is 0 Å². The van der Waals surface area contributed by atoms with Crippen molar-refractivity contribution >= 4 is 6.08 Å². The minimum Gasteiger partial charge on any atom is -0.348 e. The highest BCUT2D eigenvalue weighted by molar-refractivity contribution is 5.44. The first-order chi connectivity index (χ1) is 4.38. The predicted molar refractivity (Wildman–Crippen MR) is 38.1 cm³/mol. The zero-order chi connectivity index (χ0) is 6.69. The van der Waals surface area contributed by atoms with E-state index < -0.39 is 0 Å². The summed E-state index contributed by atoms with van der Waals surface area (Å²) in [6.45, 7) is 5.71. The Balaban J connectivity index is 2.98. The molecule has 1 aromatic heterocycles. The number of aryl methyl sites for hydroxylation is 1. The molecule has 1 aromatic rings. The van der Waals surface area contributed by atoms with Crippen molar-refractivity contribution in [3.8, 4) is 0 Å². The van der Waals surface area contributed by atoms with Gasteiger partial charge in [0.05, 0.1) is 12.0 Å². The van der Waals surface area contributed by atoms with Crippen molar-refractivity contribution in [2.45, 2.75) is 13.3 Å². The van der Waals surface area contributed by atoms with Gasteiger partial charge in [-0.2, -0.15) is 0 Å². The normalized spacial score (nSPS) is 9.44. The van der Waals surface area contributed by atoms with Gasteiger partial charge in [0.2, 0.25) is 0 Å². The molecule has 0 unspecified atom stereocenters. The SMILES string of the molecule is C=Cc1nc[nH]c1CC. The van der Waals surface area contributed by atoms with Crippen LogP contribution in [0.25, 0.3) is 6.08 Å². The van der Waals surface area contributed by atoms with Gasteiger partial charge >= 0.3 is 0 Å². The highest BCUT2D eigenvalue weighted by Crippen LogP contribution is 2.03. The topological polar surface area (TPSA) is 28.7 Å². The van der Waals surface area contributed by atoms with Crippen molar-refractivity contribution in [2.24, 2.45) is 0 Å². The summed E-state index contributed by atoms with van der Waals surface area (Å²) < 4.78 is 0. The summed E-state index contributed by atoms with van der Waals surface area (Å²) in [5.41, 5.74) is 2.13. The fraction of sp³-hybridized carbons (Fsp3) is 0.286. The molecule has 0 aliphatic rings. The first-order valence-corrected chi connectivity index (χ1v) is 3.03. The van der Waals surface area contributed by atoms with Gasteiger partial charge in [0.1, 0.15) is 0 Å². The van der Waals surface area contributed by atoms with Crippen LogP contribution in [0.3, 0.4) is 0 Å². The summed E-state index contributed by atoms with van der Waals surface area (Å²) in [4.78, 5) is 7.06. The Hall–Kier alpha value is -1.05. The molecule has 1 heterocycles. The van der Waals surface area contributed by atoms with Gasteiger partial charge in [-0.1, -0.05) is 13.5 Å². The maximum absolute atomic E-state index is 4.03. The Morgan fingerprint density at radius 2 is 2.67 bits per heavy atom. The zero-order valence-electron chi connectivity index (χ0n) is 5.52. The molecule has 0 spiro atoms. The van der Waals surface area contributed by atoms with Crippen molar-refractivity contribution in [1.82, 2.24) is 9.97 Å². The number of H-pyrrole nitrogens is 1. The molecular formula is C7H10N2. The first kappa shape index (κ1) is 6.08. The molecule has 0 aromatic carbocycles. The number of nitrogens with one attached hydrogen (secondary N) is 1. The Labute approximate surface area is 54.6 Å². The second-order valence-electron chi connectivity index (χ2n) is 1.82. The van der Waals surface area contributed by atoms with Gasteiger partial charge in [-0.25, -0.2) is 4.98 Å². The van der Waals surface area contributed by atoms with Crippen LogP contribution in [0.15, 0.2) is 12.9 Å². The lowest BCUT2D eigenvalue weighted by molar-refractivity contribution is 1.06. The number of hydrogen-bond acceptors (Lipinski definition) is 1. The van der Waals surface area contributed by atoms with E-state index in [1.165, 1.54) is 0 Å². The van der Waals surface area contributed by atoms with Gasteiger partial charge < -0.3 is 4.98 Å². The molecule has 0 bridgehead atoms. The number of aromatic amines is 1. The van der Waals surface area contributed by atoms with Crippen LogP contribution in [0.4, 0.5) is 0 Å². The van der Waals surface area contributed by atoms with Crippen LogP contribution in [-0.2, 0) is 6.42 Å². The maximum Gasteiger partial charge on any atom is 0.0929 e. The second-order valence-corrected chi connectivity index (χ2v) is 1.82. The third kappa shape index (κ3) is 1.02. The fourth-order valence-electron chi connectivity index (χ4n) is 0.791. The molecule has 2 nitrogen and oxygen atoms in total. The molecule has 1 rings (SSSR count). The lowest BCUT2D eigenvalue weighted by Crippen LogP contribution is -1.81. The van der Waals surface area contributed by atoms with Crippen molar-refractivity contribution in [3.63, 3.8) is 0 Å². The van der Waals surface area contributed by atoms with Gasteiger partial charge in [-0.3, -0.25) is 0 Å². The Morgan fingerprint density at radius 1 is 1.89 bits per heavy atom. The van der Waals surface area contributed by atoms with Crippen molar-refractivity contribution in [3.05, 3.63) is 24.3 Å². The van der Waals surface area contributed by atoms with Gasteiger partial charge in [0.15, 0.2) is 0 Å². The maximum atomic E-state index is 4.03. The van der Waals surface area contributed by atoms with E-state index in [1.54, 1.807) is 12.4 Å². The highest BCUT2D eigenvalue weighted by Gasteiger charge is 1.95. The molecule has 0 saturated heterocycles. The van der Waals surface area contributed by atoms with E-state index in [2.05, 4.69) is 23.5 Å². The lowest BCUT2D eigenvalue weighted by Gasteiger charge is -1.88. The second kappa shape index (κ2) is 2.49. The summed E-state index contributed by atoms with van der Waals surface area (Å²) >= 11 is 0. The number of aromatic nitrogens is 2. The summed E-state index contributed by atoms with van der Waals surface area (Å²) in [7, 11) is 0. The minimum absolute atomic E-state index is 0.970. The Bertz CT molecular complexity index is 200. The van der Waals surface area contributed by atoms with E-state index in [0.29, 0.717) is 0 Å². The zero-order valence-corrected chi connectivity index (χ0v) is 5.52. The molecule has 0 fully saturated rings. The van der Waals surface area contributed by atoms with Crippen molar-refractivity contribution in [2.75, 3.05) is 0 Å². The molecule has 48 valence electrons. The molecule has 0 amide bonds. The smallest absolute Gasteiger partial charge is 0.0929 e. The van der Waals surface area contributed by atoms with Crippen LogP contribution in [-0.4, -0.2) is 9.97 Å². The molecule has 1 N–H and O–H groups in total.